The molecule has 0 aliphatic carbocycles. The number of hydrogen-bond donors (Lipinski definition) is 1. The van der Waals surface area contributed by atoms with Crippen molar-refractivity contribution in [3.8, 4) is 28.5 Å². The number of hydrogen-bond acceptors (Lipinski definition) is 10. The van der Waals surface area contributed by atoms with Crippen LogP contribution in [0, 0.1) is 5.41 Å². The Balaban J connectivity index is 0.862. The van der Waals surface area contributed by atoms with Gasteiger partial charge in [0.15, 0.2) is 5.82 Å². The number of fused-ring (bicyclic) bond motifs is 1. The number of benzene rings is 1. The van der Waals surface area contributed by atoms with Gasteiger partial charge in [-0.3, -0.25) is 29.2 Å². The molecule has 0 unspecified atom stereocenters. The van der Waals surface area contributed by atoms with Gasteiger partial charge in [-0.2, -0.15) is 10.2 Å². The maximum absolute atomic E-state index is 14.0. The topological polar surface area (TPSA) is 142 Å². The summed E-state index contributed by atoms with van der Waals surface area (Å²) in [5, 5.41) is 12.2. The monoisotopic (exact) mass is 729 g/mol. The van der Waals surface area contributed by atoms with Crippen molar-refractivity contribution >= 4 is 34.2 Å². The van der Waals surface area contributed by atoms with E-state index in [4.69, 9.17) is 9.72 Å². The number of nitrogens with one attached hydrogen (secondary N) is 1. The van der Waals surface area contributed by atoms with E-state index in [1.54, 1.807) is 17.4 Å². The van der Waals surface area contributed by atoms with Crippen LogP contribution < -0.4 is 9.64 Å². The average Bonchev–Trinajstić information content (AvgIpc) is 3.98. The largest absolute Gasteiger partial charge is 0.475 e. The van der Waals surface area contributed by atoms with Crippen LogP contribution in [0.2, 0.25) is 0 Å². The maximum Gasteiger partial charge on any atom is 0.237 e. The summed E-state index contributed by atoms with van der Waals surface area (Å²) in [6.45, 7) is 9.08. The minimum atomic E-state index is -0.507. The smallest absolute Gasteiger partial charge is 0.237 e. The van der Waals surface area contributed by atoms with Crippen molar-refractivity contribution in [2.75, 3.05) is 64.8 Å². The summed E-state index contributed by atoms with van der Waals surface area (Å²) < 4.78 is 7.57. The van der Waals surface area contributed by atoms with E-state index in [0.717, 1.165) is 66.9 Å². The van der Waals surface area contributed by atoms with E-state index < -0.39 is 5.41 Å². The van der Waals surface area contributed by atoms with E-state index in [1.807, 2.05) is 61.8 Å². The Labute approximate surface area is 314 Å². The average molecular weight is 730 g/mol. The first-order chi connectivity index (χ1) is 26.1. The number of likely N-dealkylation sites (tertiary alicyclic amines) is 1. The zero-order chi connectivity index (χ0) is 37.4. The third-order valence-corrected chi connectivity index (χ3v) is 10.7. The van der Waals surface area contributed by atoms with Crippen molar-refractivity contribution in [1.82, 2.24) is 49.6 Å². The molecule has 5 aromatic rings. The van der Waals surface area contributed by atoms with Crippen LogP contribution in [0.5, 0.6) is 5.88 Å². The molecule has 0 saturated carbocycles. The molecule has 54 heavy (non-hydrogen) atoms. The first-order valence-corrected chi connectivity index (χ1v) is 18.8. The van der Waals surface area contributed by atoms with Crippen LogP contribution in [0.3, 0.4) is 0 Å². The normalized spacial score (nSPS) is 19.2. The van der Waals surface area contributed by atoms with Crippen molar-refractivity contribution in [3.63, 3.8) is 0 Å². The summed E-state index contributed by atoms with van der Waals surface area (Å²) in [5.41, 5.74) is 5.84. The molecule has 14 nitrogen and oxygen atoms in total. The summed E-state index contributed by atoms with van der Waals surface area (Å²) in [6, 6.07) is 15.9. The van der Waals surface area contributed by atoms with Gasteiger partial charge >= 0.3 is 0 Å². The van der Waals surface area contributed by atoms with E-state index in [1.165, 1.54) is 5.57 Å². The maximum atomic E-state index is 14.0. The number of nitrogens with zero attached hydrogens (tertiary/aromatic N) is 10. The number of anilines is 1. The number of carbonyl (C=O) groups excluding carboxylic acids is 2. The highest BCUT2D eigenvalue weighted by Gasteiger charge is 2.51. The number of aromatic nitrogens is 7. The van der Waals surface area contributed by atoms with Crippen molar-refractivity contribution in [3.05, 3.63) is 72.7 Å². The van der Waals surface area contributed by atoms with Crippen molar-refractivity contribution in [2.24, 2.45) is 5.41 Å². The quantitative estimate of drug-likeness (QED) is 0.208. The van der Waals surface area contributed by atoms with Gasteiger partial charge in [-0.05, 0) is 83.1 Å². The highest BCUT2D eigenvalue weighted by atomic mass is 16.5. The standard InChI is InChI=1S/C40H47N11O3/c1-27(2)54-34-12-9-31(23-41-34)36-37-32(44-45-36)10-11-33(43-37)51-20-16-40(39(51)53)15-19-48(25-40)24-35(52)49-17-13-29(14-18-49)28-5-7-30(8-6-28)38-42-26-50(46-38)22-21-47(3)4/h5-13,23,26-27H,14-22,24-25H2,1-4H3,(H,44,45)/t40-/m0/s1. The third kappa shape index (κ3) is 7.23. The van der Waals surface area contributed by atoms with Crippen molar-refractivity contribution in [1.29, 1.82) is 0 Å². The number of likely N-dealkylation sites (N-methyl/N-ethyl adjacent to an activating group) is 1. The molecule has 1 spiro atoms. The Bertz CT molecular complexity index is 2170. The van der Waals surface area contributed by atoms with Gasteiger partial charge in [0.05, 0.1) is 30.1 Å². The Morgan fingerprint density at radius 2 is 1.78 bits per heavy atom. The van der Waals surface area contributed by atoms with E-state index in [2.05, 4.69) is 65.4 Å². The zero-order valence-corrected chi connectivity index (χ0v) is 31.4. The molecule has 1 aromatic carbocycles. The fourth-order valence-electron chi connectivity index (χ4n) is 7.70. The molecule has 1 N–H and O–H groups in total. The highest BCUT2D eigenvalue weighted by molar-refractivity contribution is 6.01. The first kappa shape index (κ1) is 35.6. The molecule has 3 aliphatic heterocycles. The van der Waals surface area contributed by atoms with Crippen LogP contribution in [0.1, 0.15) is 38.7 Å². The second-order valence-corrected chi connectivity index (χ2v) is 15.2. The minimum absolute atomic E-state index is 0.0315. The van der Waals surface area contributed by atoms with Crippen LogP contribution >= 0.6 is 0 Å². The van der Waals surface area contributed by atoms with Gasteiger partial charge in [-0.1, -0.05) is 30.3 Å². The molecule has 4 aromatic heterocycles. The number of carbonyl (C=O) groups is 2. The SMILES string of the molecule is CC(C)Oc1ccc(-c2n[nH]c3ccc(N4CC[C@]5(CCN(CC(=O)N6CC=C(c7ccc(-c8ncn(CCN(C)C)n8)cc7)CC6)C5)C4=O)nc23)cn1. The van der Waals surface area contributed by atoms with Crippen LogP contribution in [0.15, 0.2) is 67.1 Å². The summed E-state index contributed by atoms with van der Waals surface area (Å²) in [7, 11) is 4.09. The lowest BCUT2D eigenvalue weighted by molar-refractivity contribution is -0.132. The molecule has 280 valence electrons. The number of amides is 2. The number of ether oxygens (including phenoxy) is 1. The summed E-state index contributed by atoms with van der Waals surface area (Å²) in [6.07, 6.45) is 7.97. The summed E-state index contributed by atoms with van der Waals surface area (Å²) in [5.74, 6) is 2.07. The van der Waals surface area contributed by atoms with E-state index in [9.17, 15) is 9.59 Å². The number of H-pyrrole nitrogens is 1. The molecule has 7 heterocycles. The third-order valence-electron chi connectivity index (χ3n) is 10.7. The summed E-state index contributed by atoms with van der Waals surface area (Å²) in [4.78, 5) is 49.4. The zero-order valence-electron chi connectivity index (χ0n) is 31.4. The minimum Gasteiger partial charge on any atom is -0.475 e. The van der Waals surface area contributed by atoms with Gasteiger partial charge in [0.1, 0.15) is 23.4 Å². The second kappa shape index (κ2) is 14.7. The fourth-order valence-corrected chi connectivity index (χ4v) is 7.70. The second-order valence-electron chi connectivity index (χ2n) is 15.2. The van der Waals surface area contributed by atoms with E-state index in [0.29, 0.717) is 55.6 Å². The molecule has 0 bridgehead atoms. The molecule has 2 amide bonds. The van der Waals surface area contributed by atoms with Gasteiger partial charge in [0, 0.05) is 56.1 Å². The van der Waals surface area contributed by atoms with Gasteiger partial charge in [-0.15, -0.1) is 0 Å². The van der Waals surface area contributed by atoms with E-state index >= 15 is 0 Å². The van der Waals surface area contributed by atoms with Crippen LogP contribution in [-0.2, 0) is 16.1 Å². The lowest BCUT2D eigenvalue weighted by atomic mass is 9.85. The predicted molar refractivity (Wildman–Crippen MR) is 207 cm³/mol. The van der Waals surface area contributed by atoms with Gasteiger partial charge in [-0.25, -0.2) is 15.0 Å². The van der Waals surface area contributed by atoms with Crippen molar-refractivity contribution in [2.45, 2.75) is 45.8 Å². The molecule has 14 heteroatoms. The molecular weight excluding hydrogens is 683 g/mol. The molecule has 8 rings (SSSR count). The van der Waals surface area contributed by atoms with Crippen LogP contribution in [0.4, 0.5) is 5.82 Å². The molecule has 1 atom stereocenters. The lowest BCUT2D eigenvalue weighted by Gasteiger charge is -2.29. The molecule has 3 aliphatic rings. The molecule has 2 fully saturated rings. The lowest BCUT2D eigenvalue weighted by Crippen LogP contribution is -2.43. The predicted octanol–water partition coefficient (Wildman–Crippen LogP) is 4.37. The Kier molecular flexibility index (Phi) is 9.71. The molecular formula is C40H47N11O3. The fraction of sp³-hybridized carbons (Fsp3) is 0.425. The Morgan fingerprint density at radius 1 is 0.981 bits per heavy atom. The number of aromatic amines is 1. The van der Waals surface area contributed by atoms with E-state index in [-0.39, 0.29) is 17.9 Å². The summed E-state index contributed by atoms with van der Waals surface area (Å²) >= 11 is 0. The molecule has 0 radical (unpaired) electrons. The molecule has 2 saturated heterocycles. The van der Waals surface area contributed by atoms with Gasteiger partial charge in [0.2, 0.25) is 17.7 Å². The first-order valence-electron chi connectivity index (χ1n) is 18.8. The highest BCUT2D eigenvalue weighted by Crippen LogP contribution is 2.42. The Morgan fingerprint density at radius 3 is 2.52 bits per heavy atom. The number of pyridine rings is 2. The van der Waals surface area contributed by atoms with Gasteiger partial charge < -0.3 is 14.5 Å². The Hall–Kier alpha value is -5.47. The van der Waals surface area contributed by atoms with Crippen LogP contribution in [0.25, 0.3) is 39.3 Å². The van der Waals surface area contributed by atoms with Crippen molar-refractivity contribution < 1.29 is 14.3 Å². The van der Waals surface area contributed by atoms with Crippen LogP contribution in [-0.4, -0.2) is 127 Å². The van der Waals surface area contributed by atoms with Gasteiger partial charge in [0.25, 0.3) is 0 Å². The number of rotatable bonds is 11.